The Kier molecular flexibility index (Phi) is 3.71. The molecule has 1 aromatic rings. The lowest BCUT2D eigenvalue weighted by atomic mass is 10.3. The molecular weight excluding hydrogens is 176 g/mol. The van der Waals surface area contributed by atoms with Gasteiger partial charge < -0.3 is 10.7 Å². The van der Waals surface area contributed by atoms with Crippen LogP contribution in [0.2, 0.25) is 0 Å². The predicted molar refractivity (Wildman–Crippen MR) is 60.3 cm³/mol. The molecule has 14 heavy (non-hydrogen) atoms. The highest BCUT2D eigenvalue weighted by Crippen LogP contribution is 2.09. The topological polar surface area (TPSA) is 40.2 Å². The summed E-state index contributed by atoms with van der Waals surface area (Å²) in [7, 11) is 3.87. The quantitative estimate of drug-likeness (QED) is 0.717. The van der Waals surface area contributed by atoms with Gasteiger partial charge in [0.1, 0.15) is 11.6 Å². The Morgan fingerprint density at radius 3 is 2.43 bits per heavy atom. The Labute approximate surface area is 85.3 Å². The van der Waals surface area contributed by atoms with E-state index < -0.39 is 0 Å². The zero-order valence-electron chi connectivity index (χ0n) is 9.20. The van der Waals surface area contributed by atoms with E-state index >= 15 is 0 Å². The highest BCUT2D eigenvalue weighted by molar-refractivity contribution is 5.44. The van der Waals surface area contributed by atoms with Gasteiger partial charge in [-0.25, -0.2) is 9.99 Å². The maximum Gasteiger partial charge on any atom is 0.142 e. The zero-order valence-corrected chi connectivity index (χ0v) is 9.20. The summed E-state index contributed by atoms with van der Waals surface area (Å²) in [4.78, 5) is 4.39. The van der Waals surface area contributed by atoms with Crippen molar-refractivity contribution in [3.05, 3.63) is 18.2 Å². The average Bonchev–Trinajstić information content (AvgIpc) is 2.01. The number of hydrogen-bond donors (Lipinski definition) is 2. The van der Waals surface area contributed by atoms with Crippen LogP contribution in [0.5, 0.6) is 0 Å². The molecule has 0 saturated carbocycles. The number of hydrogen-bond acceptors (Lipinski definition) is 4. The molecule has 0 spiro atoms. The molecule has 78 valence electrons. The molecule has 2 N–H and O–H groups in total. The monoisotopic (exact) mass is 194 g/mol. The Balaban J connectivity index is 2.68. The molecule has 0 unspecified atom stereocenters. The maximum atomic E-state index is 4.39. The van der Waals surface area contributed by atoms with Gasteiger partial charge >= 0.3 is 0 Å². The van der Waals surface area contributed by atoms with Crippen LogP contribution < -0.4 is 10.7 Å². The van der Waals surface area contributed by atoms with Gasteiger partial charge in [-0.1, -0.05) is 6.07 Å². The largest absolute Gasteiger partial charge is 0.368 e. The predicted octanol–water partition coefficient (Wildman–Crippen LogP) is 1.79. The normalized spacial score (nSPS) is 10.7. The molecule has 1 aromatic heterocycles. The van der Waals surface area contributed by atoms with Crippen molar-refractivity contribution in [3.63, 3.8) is 0 Å². The molecule has 0 aliphatic rings. The fourth-order valence-electron chi connectivity index (χ4n) is 1.10. The van der Waals surface area contributed by atoms with E-state index in [2.05, 4.69) is 29.6 Å². The first-order chi connectivity index (χ1) is 6.58. The summed E-state index contributed by atoms with van der Waals surface area (Å²) in [6, 6.07) is 6.27. The maximum absolute atomic E-state index is 4.39. The van der Waals surface area contributed by atoms with E-state index in [0.717, 1.165) is 11.6 Å². The van der Waals surface area contributed by atoms with Crippen molar-refractivity contribution >= 4 is 11.6 Å². The highest BCUT2D eigenvalue weighted by atomic mass is 15.5. The molecule has 0 saturated heterocycles. The molecule has 0 aliphatic heterocycles. The molecule has 4 heteroatoms. The first kappa shape index (κ1) is 10.8. The van der Waals surface area contributed by atoms with E-state index in [0.29, 0.717) is 6.04 Å². The summed E-state index contributed by atoms with van der Waals surface area (Å²) in [5, 5.41) is 5.11. The SMILES string of the molecule is CC(C)Nc1cccc(NN(C)C)n1. The van der Waals surface area contributed by atoms with Crippen LogP contribution in [0.4, 0.5) is 11.6 Å². The van der Waals surface area contributed by atoms with E-state index in [1.165, 1.54) is 0 Å². The Bertz CT molecular complexity index is 258. The molecule has 0 aliphatic carbocycles. The Hall–Kier alpha value is -1.29. The number of nitrogens with zero attached hydrogens (tertiary/aromatic N) is 2. The van der Waals surface area contributed by atoms with Crippen molar-refractivity contribution in [2.45, 2.75) is 19.9 Å². The third-order valence-corrected chi connectivity index (χ3v) is 1.52. The van der Waals surface area contributed by atoms with Crippen LogP contribution in [-0.2, 0) is 0 Å². The van der Waals surface area contributed by atoms with Crippen LogP contribution >= 0.6 is 0 Å². The molecule has 0 bridgehead atoms. The van der Waals surface area contributed by atoms with Gasteiger partial charge in [0.2, 0.25) is 0 Å². The molecule has 0 aromatic carbocycles. The summed E-state index contributed by atoms with van der Waals surface area (Å²) in [6.07, 6.45) is 0. The number of anilines is 2. The summed E-state index contributed by atoms with van der Waals surface area (Å²) in [5.74, 6) is 1.74. The molecule has 0 atom stereocenters. The lowest BCUT2D eigenvalue weighted by molar-refractivity contribution is 0.492. The number of pyridine rings is 1. The summed E-state index contributed by atoms with van der Waals surface area (Å²) in [6.45, 7) is 4.18. The van der Waals surface area contributed by atoms with Gasteiger partial charge in [-0.3, -0.25) is 0 Å². The summed E-state index contributed by atoms with van der Waals surface area (Å²) >= 11 is 0. The van der Waals surface area contributed by atoms with Gasteiger partial charge in [-0.15, -0.1) is 0 Å². The Morgan fingerprint density at radius 1 is 1.21 bits per heavy atom. The molecule has 0 radical (unpaired) electrons. The van der Waals surface area contributed by atoms with Crippen LogP contribution in [-0.4, -0.2) is 30.1 Å². The van der Waals surface area contributed by atoms with Crippen molar-refractivity contribution in [2.75, 3.05) is 24.8 Å². The molecule has 0 amide bonds. The average molecular weight is 194 g/mol. The van der Waals surface area contributed by atoms with Crippen LogP contribution in [0.15, 0.2) is 18.2 Å². The fourth-order valence-corrected chi connectivity index (χ4v) is 1.10. The highest BCUT2D eigenvalue weighted by Gasteiger charge is 1.98. The van der Waals surface area contributed by atoms with Crippen molar-refractivity contribution in [2.24, 2.45) is 0 Å². The summed E-state index contributed by atoms with van der Waals surface area (Å²) < 4.78 is 0. The van der Waals surface area contributed by atoms with Crippen molar-refractivity contribution in [1.82, 2.24) is 9.99 Å². The lowest BCUT2D eigenvalue weighted by Crippen LogP contribution is -2.20. The second-order valence-corrected chi connectivity index (χ2v) is 3.71. The molecule has 4 nitrogen and oxygen atoms in total. The zero-order chi connectivity index (χ0) is 10.6. The van der Waals surface area contributed by atoms with E-state index in [1.54, 1.807) is 0 Å². The lowest BCUT2D eigenvalue weighted by Gasteiger charge is -2.14. The fraction of sp³-hybridized carbons (Fsp3) is 0.500. The first-order valence-corrected chi connectivity index (χ1v) is 4.75. The van der Waals surface area contributed by atoms with Gasteiger partial charge in [0.05, 0.1) is 0 Å². The third-order valence-electron chi connectivity index (χ3n) is 1.52. The van der Waals surface area contributed by atoms with Gasteiger partial charge in [0.15, 0.2) is 0 Å². The van der Waals surface area contributed by atoms with Gasteiger partial charge in [0.25, 0.3) is 0 Å². The molecular formula is C10H18N4. The standard InChI is InChI=1S/C10H18N4/c1-8(2)11-9-6-5-7-10(12-9)13-14(3)4/h5-8H,1-4H3,(H2,11,12,13). The smallest absolute Gasteiger partial charge is 0.142 e. The van der Waals surface area contributed by atoms with E-state index in [-0.39, 0.29) is 0 Å². The third kappa shape index (κ3) is 3.62. The van der Waals surface area contributed by atoms with Gasteiger partial charge in [0, 0.05) is 20.1 Å². The van der Waals surface area contributed by atoms with Crippen LogP contribution in [0.25, 0.3) is 0 Å². The van der Waals surface area contributed by atoms with Crippen molar-refractivity contribution < 1.29 is 0 Å². The van der Waals surface area contributed by atoms with Gasteiger partial charge in [-0.2, -0.15) is 0 Å². The number of hydrazine groups is 1. The second kappa shape index (κ2) is 4.81. The van der Waals surface area contributed by atoms with E-state index in [9.17, 15) is 0 Å². The first-order valence-electron chi connectivity index (χ1n) is 4.75. The van der Waals surface area contributed by atoms with E-state index in [1.807, 2.05) is 37.3 Å². The number of aromatic nitrogens is 1. The molecule has 1 heterocycles. The minimum atomic E-state index is 0.400. The molecule has 0 fully saturated rings. The molecule has 1 rings (SSSR count). The van der Waals surface area contributed by atoms with E-state index in [4.69, 9.17) is 0 Å². The van der Waals surface area contributed by atoms with Crippen LogP contribution in [0.3, 0.4) is 0 Å². The number of nitrogens with one attached hydrogen (secondary N) is 2. The minimum absolute atomic E-state index is 0.400. The Morgan fingerprint density at radius 2 is 1.86 bits per heavy atom. The minimum Gasteiger partial charge on any atom is -0.368 e. The van der Waals surface area contributed by atoms with Crippen molar-refractivity contribution in [1.29, 1.82) is 0 Å². The number of rotatable bonds is 4. The second-order valence-electron chi connectivity index (χ2n) is 3.71. The van der Waals surface area contributed by atoms with Crippen LogP contribution in [0, 0.1) is 0 Å². The summed E-state index contributed by atoms with van der Waals surface area (Å²) in [5.41, 5.74) is 3.10. The van der Waals surface area contributed by atoms with Gasteiger partial charge in [-0.05, 0) is 26.0 Å². The van der Waals surface area contributed by atoms with Crippen LogP contribution in [0.1, 0.15) is 13.8 Å². The van der Waals surface area contributed by atoms with Crippen molar-refractivity contribution in [3.8, 4) is 0 Å².